The molecule has 1 heterocycles. The molecule has 3 rings (SSSR count). The van der Waals surface area contributed by atoms with Gasteiger partial charge in [-0.3, -0.25) is 4.90 Å². The predicted molar refractivity (Wildman–Crippen MR) is 106 cm³/mol. The number of aliphatic hydroxyl groups is 2. The van der Waals surface area contributed by atoms with Crippen molar-refractivity contribution in [2.24, 2.45) is 0 Å². The van der Waals surface area contributed by atoms with Gasteiger partial charge in [-0.25, -0.2) is 4.39 Å². The molecule has 2 aromatic carbocycles. The molecule has 1 aliphatic heterocycles. The van der Waals surface area contributed by atoms with E-state index >= 15 is 0 Å². The van der Waals surface area contributed by atoms with Crippen LogP contribution in [0.15, 0.2) is 48.5 Å². The molecule has 0 aliphatic carbocycles. The Balaban J connectivity index is 1.52. The lowest BCUT2D eigenvalue weighted by Crippen LogP contribution is -2.42. The zero-order valence-corrected chi connectivity index (χ0v) is 16.3. The molecule has 0 bridgehead atoms. The molecule has 146 valence electrons. The van der Waals surface area contributed by atoms with Crippen molar-refractivity contribution in [2.45, 2.75) is 57.3 Å². The van der Waals surface area contributed by atoms with E-state index in [1.54, 1.807) is 12.1 Å². The van der Waals surface area contributed by atoms with E-state index < -0.39 is 11.2 Å². The molecule has 4 heteroatoms. The highest BCUT2D eigenvalue weighted by molar-refractivity contribution is 5.25. The van der Waals surface area contributed by atoms with Crippen molar-refractivity contribution in [1.82, 2.24) is 4.90 Å². The third-order valence-electron chi connectivity index (χ3n) is 5.52. The van der Waals surface area contributed by atoms with Crippen molar-refractivity contribution in [3.05, 3.63) is 71.0 Å². The molecular weight excluding hydrogens is 341 g/mol. The van der Waals surface area contributed by atoms with Gasteiger partial charge in [0.25, 0.3) is 0 Å². The Morgan fingerprint density at radius 2 is 1.52 bits per heavy atom. The van der Waals surface area contributed by atoms with E-state index in [1.807, 2.05) is 13.8 Å². The van der Waals surface area contributed by atoms with Gasteiger partial charge in [-0.2, -0.15) is 0 Å². The summed E-state index contributed by atoms with van der Waals surface area (Å²) in [5.74, 6) is -0.272. The van der Waals surface area contributed by atoms with Crippen molar-refractivity contribution in [3.63, 3.8) is 0 Å². The molecular formula is C23H30FNO2. The first kappa shape index (κ1) is 20.0. The van der Waals surface area contributed by atoms with Crippen molar-refractivity contribution < 1.29 is 14.6 Å². The second-order valence-electron chi connectivity index (χ2n) is 8.44. The lowest BCUT2D eigenvalue weighted by molar-refractivity contribution is -0.0277. The molecule has 0 unspecified atom stereocenters. The minimum absolute atomic E-state index is 0.272. The molecule has 1 aliphatic rings. The van der Waals surface area contributed by atoms with Crippen molar-refractivity contribution in [3.8, 4) is 0 Å². The van der Waals surface area contributed by atoms with Crippen LogP contribution in [0.1, 0.15) is 49.8 Å². The maximum Gasteiger partial charge on any atom is 0.123 e. The second-order valence-corrected chi connectivity index (χ2v) is 8.44. The van der Waals surface area contributed by atoms with Crippen LogP contribution < -0.4 is 0 Å². The van der Waals surface area contributed by atoms with E-state index in [0.29, 0.717) is 12.8 Å². The third kappa shape index (κ3) is 5.61. The van der Waals surface area contributed by atoms with E-state index in [9.17, 15) is 14.6 Å². The highest BCUT2D eigenvalue weighted by atomic mass is 19.1. The van der Waals surface area contributed by atoms with Gasteiger partial charge in [-0.05, 0) is 68.4 Å². The number of piperidine rings is 1. The van der Waals surface area contributed by atoms with Crippen molar-refractivity contribution in [1.29, 1.82) is 0 Å². The quantitative estimate of drug-likeness (QED) is 0.806. The van der Waals surface area contributed by atoms with E-state index in [1.165, 1.54) is 23.3 Å². The maximum absolute atomic E-state index is 13.1. The number of benzene rings is 2. The number of halogens is 1. The highest BCUT2D eigenvalue weighted by Crippen LogP contribution is 2.33. The normalized spacial score (nSPS) is 17.8. The van der Waals surface area contributed by atoms with Crippen LogP contribution in [0.2, 0.25) is 0 Å². The van der Waals surface area contributed by atoms with Crippen LogP contribution >= 0.6 is 0 Å². The van der Waals surface area contributed by atoms with Gasteiger partial charge < -0.3 is 10.2 Å². The largest absolute Gasteiger partial charge is 0.390 e. The highest BCUT2D eigenvalue weighted by Gasteiger charge is 2.33. The summed E-state index contributed by atoms with van der Waals surface area (Å²) in [4.78, 5) is 2.35. The van der Waals surface area contributed by atoms with Crippen molar-refractivity contribution >= 4 is 0 Å². The fourth-order valence-electron chi connectivity index (χ4n) is 3.65. The SMILES string of the molecule is CC(C)(O)CCc1ccc(CN2CCC(O)(c3ccc(F)cc3)CC2)cc1. The molecule has 2 aromatic rings. The summed E-state index contributed by atoms with van der Waals surface area (Å²) in [7, 11) is 0. The molecule has 3 nitrogen and oxygen atoms in total. The topological polar surface area (TPSA) is 43.7 Å². The summed E-state index contributed by atoms with van der Waals surface area (Å²) in [5, 5.41) is 20.8. The van der Waals surface area contributed by atoms with Crippen LogP contribution in [0.4, 0.5) is 4.39 Å². The molecule has 2 N–H and O–H groups in total. The van der Waals surface area contributed by atoms with Crippen molar-refractivity contribution in [2.75, 3.05) is 13.1 Å². The van der Waals surface area contributed by atoms with Crippen LogP contribution in [-0.4, -0.2) is 33.8 Å². The molecule has 1 saturated heterocycles. The second kappa shape index (κ2) is 8.09. The number of nitrogens with zero attached hydrogens (tertiary/aromatic N) is 1. The maximum atomic E-state index is 13.1. The first-order chi connectivity index (χ1) is 12.7. The molecule has 27 heavy (non-hydrogen) atoms. The van der Waals surface area contributed by atoms with Crippen LogP contribution in [0.3, 0.4) is 0 Å². The minimum atomic E-state index is -0.856. The molecule has 0 atom stereocenters. The zero-order chi connectivity index (χ0) is 19.5. The van der Waals surface area contributed by atoms with Crippen LogP contribution in [0.25, 0.3) is 0 Å². The first-order valence-electron chi connectivity index (χ1n) is 9.75. The average Bonchev–Trinajstić information content (AvgIpc) is 2.63. The van der Waals surface area contributed by atoms with E-state index in [4.69, 9.17) is 0 Å². The summed E-state index contributed by atoms with van der Waals surface area (Å²) < 4.78 is 13.1. The monoisotopic (exact) mass is 371 g/mol. The minimum Gasteiger partial charge on any atom is -0.390 e. The number of likely N-dealkylation sites (tertiary alicyclic amines) is 1. The van der Waals surface area contributed by atoms with Gasteiger partial charge in [0.05, 0.1) is 11.2 Å². The summed E-state index contributed by atoms with van der Waals surface area (Å²) in [6.07, 6.45) is 2.93. The fraction of sp³-hybridized carbons (Fsp3) is 0.478. The van der Waals surface area contributed by atoms with Gasteiger partial charge in [0, 0.05) is 19.6 Å². The molecule has 0 amide bonds. The fourth-order valence-corrected chi connectivity index (χ4v) is 3.65. The lowest BCUT2D eigenvalue weighted by Gasteiger charge is -2.38. The van der Waals surface area contributed by atoms with E-state index in [-0.39, 0.29) is 5.82 Å². The van der Waals surface area contributed by atoms with Gasteiger partial charge in [0.2, 0.25) is 0 Å². The molecule has 0 saturated carbocycles. The number of hydrogen-bond donors (Lipinski definition) is 2. The van der Waals surface area contributed by atoms with Crippen LogP contribution in [0.5, 0.6) is 0 Å². The smallest absolute Gasteiger partial charge is 0.123 e. The molecule has 0 aromatic heterocycles. The Labute approximate surface area is 161 Å². The van der Waals surface area contributed by atoms with E-state index in [2.05, 4.69) is 29.2 Å². The van der Waals surface area contributed by atoms with E-state index in [0.717, 1.165) is 38.0 Å². The predicted octanol–water partition coefficient (Wildman–Crippen LogP) is 4.01. The lowest BCUT2D eigenvalue weighted by atomic mass is 9.84. The standard InChI is InChI=1S/C23H30FNO2/c1-22(2,26)12-11-18-3-5-19(6-4-18)17-25-15-13-23(27,14-16-25)20-7-9-21(24)10-8-20/h3-10,26-27H,11-17H2,1-2H3. The third-order valence-corrected chi connectivity index (χ3v) is 5.52. The number of aryl methyl sites for hydroxylation is 1. The average molecular weight is 371 g/mol. The Morgan fingerprint density at radius 1 is 0.963 bits per heavy atom. The van der Waals surface area contributed by atoms with Crippen LogP contribution in [-0.2, 0) is 18.6 Å². The number of hydrogen-bond acceptors (Lipinski definition) is 3. The Hall–Kier alpha value is -1.75. The Morgan fingerprint density at radius 3 is 2.07 bits per heavy atom. The Bertz CT molecular complexity index is 726. The van der Waals surface area contributed by atoms with Gasteiger partial charge in [-0.1, -0.05) is 36.4 Å². The molecule has 0 spiro atoms. The van der Waals surface area contributed by atoms with Gasteiger partial charge in [0.15, 0.2) is 0 Å². The zero-order valence-electron chi connectivity index (χ0n) is 16.3. The Kier molecular flexibility index (Phi) is 5.99. The first-order valence-corrected chi connectivity index (χ1v) is 9.75. The van der Waals surface area contributed by atoms with Gasteiger partial charge in [0.1, 0.15) is 5.82 Å². The van der Waals surface area contributed by atoms with Gasteiger partial charge in [-0.15, -0.1) is 0 Å². The summed E-state index contributed by atoms with van der Waals surface area (Å²) in [6.45, 7) is 6.17. The number of rotatable bonds is 6. The summed E-state index contributed by atoms with van der Waals surface area (Å²) >= 11 is 0. The summed E-state index contributed by atoms with van der Waals surface area (Å²) in [5.41, 5.74) is 1.82. The summed E-state index contributed by atoms with van der Waals surface area (Å²) in [6, 6.07) is 14.8. The van der Waals surface area contributed by atoms with Gasteiger partial charge >= 0.3 is 0 Å². The molecule has 1 fully saturated rings. The molecule has 0 radical (unpaired) electrons. The van der Waals surface area contributed by atoms with Crippen LogP contribution in [0, 0.1) is 5.82 Å².